The Bertz CT molecular complexity index is 880. The predicted octanol–water partition coefficient (Wildman–Crippen LogP) is 3.59. The topological polar surface area (TPSA) is 82.1 Å². The highest BCUT2D eigenvalue weighted by molar-refractivity contribution is 6.30. The van der Waals surface area contributed by atoms with Gasteiger partial charge >= 0.3 is 5.97 Å². The van der Waals surface area contributed by atoms with Crippen LogP contribution < -0.4 is 15.0 Å². The Morgan fingerprint density at radius 2 is 1.80 bits per heavy atom. The van der Waals surface area contributed by atoms with E-state index in [1.807, 2.05) is 12.1 Å². The summed E-state index contributed by atoms with van der Waals surface area (Å²) in [5, 5.41) is 13.0. The average Bonchev–Trinajstić information content (AvgIpc) is 2.75. The van der Waals surface area contributed by atoms with Crippen LogP contribution in [0.5, 0.6) is 5.75 Å². The first-order chi connectivity index (χ1) is 14.5. The van der Waals surface area contributed by atoms with Crippen LogP contribution in [0.15, 0.2) is 42.5 Å². The van der Waals surface area contributed by atoms with E-state index in [1.165, 1.54) is 6.07 Å². The van der Waals surface area contributed by atoms with E-state index in [9.17, 15) is 14.7 Å². The zero-order valence-electron chi connectivity index (χ0n) is 16.9. The lowest BCUT2D eigenvalue weighted by atomic mass is 10.1. The Hall–Kier alpha value is -2.77. The Kier molecular flexibility index (Phi) is 7.54. The molecule has 1 fully saturated rings. The van der Waals surface area contributed by atoms with Crippen molar-refractivity contribution in [3.63, 3.8) is 0 Å². The Morgan fingerprint density at radius 3 is 2.43 bits per heavy atom. The number of carboxylic acids is 1. The van der Waals surface area contributed by atoms with E-state index in [1.54, 1.807) is 31.2 Å². The van der Waals surface area contributed by atoms with Gasteiger partial charge in [0.15, 0.2) is 0 Å². The molecule has 0 aliphatic carbocycles. The van der Waals surface area contributed by atoms with Gasteiger partial charge in [0.2, 0.25) is 5.91 Å². The van der Waals surface area contributed by atoms with Crippen molar-refractivity contribution < 1.29 is 19.4 Å². The van der Waals surface area contributed by atoms with E-state index in [0.717, 1.165) is 38.5 Å². The van der Waals surface area contributed by atoms with E-state index >= 15 is 0 Å². The minimum atomic E-state index is -1.00. The van der Waals surface area contributed by atoms with Crippen molar-refractivity contribution in [2.45, 2.75) is 13.3 Å². The van der Waals surface area contributed by atoms with Gasteiger partial charge in [0, 0.05) is 49.9 Å². The van der Waals surface area contributed by atoms with Gasteiger partial charge in [0.1, 0.15) is 12.4 Å². The summed E-state index contributed by atoms with van der Waals surface area (Å²) in [6.45, 7) is 6.21. The molecule has 7 nitrogen and oxygen atoms in total. The maximum absolute atomic E-state index is 11.8. The monoisotopic (exact) mass is 431 g/mol. The van der Waals surface area contributed by atoms with Gasteiger partial charge in [-0.25, -0.2) is 4.79 Å². The summed E-state index contributed by atoms with van der Waals surface area (Å²) in [5.41, 5.74) is 1.37. The molecule has 3 rings (SSSR count). The number of carboxylic acid groups (broad SMARTS) is 1. The molecule has 2 aromatic rings. The van der Waals surface area contributed by atoms with Crippen LogP contribution in [-0.4, -0.2) is 61.2 Å². The molecule has 0 aromatic heterocycles. The van der Waals surface area contributed by atoms with Gasteiger partial charge < -0.3 is 20.1 Å². The zero-order valence-corrected chi connectivity index (χ0v) is 17.7. The standard InChI is InChI=1S/C22H26ClN3O4/c1-2-21(27)24-17-5-8-20(19(15-17)22(28)29)26-11-9-25(10-12-26)13-14-30-18-6-3-16(23)4-7-18/h3-8,15H,2,9-14H2,1H3,(H,24,27)(H,28,29). The molecule has 0 radical (unpaired) electrons. The maximum atomic E-state index is 11.8. The molecule has 0 saturated carbocycles. The summed E-state index contributed by atoms with van der Waals surface area (Å²) >= 11 is 5.88. The molecule has 160 valence electrons. The largest absolute Gasteiger partial charge is 0.492 e. The molecule has 8 heteroatoms. The van der Waals surface area contributed by atoms with Crippen LogP contribution in [0.2, 0.25) is 5.02 Å². The number of hydrogen-bond acceptors (Lipinski definition) is 5. The first kappa shape index (κ1) is 21.9. The van der Waals surface area contributed by atoms with E-state index in [-0.39, 0.29) is 11.5 Å². The normalized spacial score (nSPS) is 14.4. The van der Waals surface area contributed by atoms with Crippen molar-refractivity contribution >= 4 is 34.9 Å². The van der Waals surface area contributed by atoms with Crippen LogP contribution in [0.25, 0.3) is 0 Å². The number of carbonyl (C=O) groups is 2. The zero-order chi connectivity index (χ0) is 21.5. The summed E-state index contributed by atoms with van der Waals surface area (Å²) in [6, 6.07) is 12.3. The first-order valence-corrected chi connectivity index (χ1v) is 10.4. The van der Waals surface area contributed by atoms with E-state index in [4.69, 9.17) is 16.3 Å². The molecule has 2 aromatic carbocycles. The lowest BCUT2D eigenvalue weighted by Gasteiger charge is -2.36. The number of halogens is 1. The Balaban J connectivity index is 1.54. The molecule has 0 bridgehead atoms. The number of amides is 1. The summed E-state index contributed by atoms with van der Waals surface area (Å²) in [4.78, 5) is 27.7. The maximum Gasteiger partial charge on any atom is 0.337 e. The highest BCUT2D eigenvalue weighted by atomic mass is 35.5. The molecule has 30 heavy (non-hydrogen) atoms. The van der Waals surface area contributed by atoms with E-state index in [2.05, 4.69) is 15.1 Å². The van der Waals surface area contributed by atoms with Crippen LogP contribution in [0.1, 0.15) is 23.7 Å². The third kappa shape index (κ3) is 5.87. The van der Waals surface area contributed by atoms with Gasteiger partial charge in [-0.2, -0.15) is 0 Å². The molecule has 2 N–H and O–H groups in total. The second kappa shape index (κ2) is 10.3. The predicted molar refractivity (Wildman–Crippen MR) is 118 cm³/mol. The second-order valence-corrected chi connectivity index (χ2v) is 7.51. The van der Waals surface area contributed by atoms with Crippen molar-refractivity contribution in [2.24, 2.45) is 0 Å². The lowest BCUT2D eigenvalue weighted by molar-refractivity contribution is -0.115. The molecule has 1 aliphatic rings. The minimum absolute atomic E-state index is 0.145. The van der Waals surface area contributed by atoms with Gasteiger partial charge in [-0.15, -0.1) is 0 Å². The summed E-state index contributed by atoms with van der Waals surface area (Å²) < 4.78 is 5.75. The molecule has 0 unspecified atom stereocenters. The molecule has 1 aliphatic heterocycles. The number of piperazine rings is 1. The summed E-state index contributed by atoms with van der Waals surface area (Å²) in [6.07, 6.45) is 0.341. The van der Waals surface area contributed by atoms with Crippen LogP contribution in [0.4, 0.5) is 11.4 Å². The van der Waals surface area contributed by atoms with Crippen LogP contribution in [0.3, 0.4) is 0 Å². The molecule has 1 amide bonds. The molecule has 0 atom stereocenters. The third-order valence-corrected chi connectivity index (χ3v) is 5.29. The number of anilines is 2. The highest BCUT2D eigenvalue weighted by Gasteiger charge is 2.22. The number of benzene rings is 2. The van der Waals surface area contributed by atoms with Crippen molar-refractivity contribution in [2.75, 3.05) is 49.5 Å². The van der Waals surface area contributed by atoms with Crippen LogP contribution in [0, 0.1) is 0 Å². The Labute approximate surface area is 181 Å². The van der Waals surface area contributed by atoms with Gasteiger partial charge in [0.25, 0.3) is 0 Å². The number of rotatable bonds is 8. The van der Waals surface area contributed by atoms with Gasteiger partial charge in [-0.3, -0.25) is 9.69 Å². The number of nitrogens with zero attached hydrogens (tertiary/aromatic N) is 2. The quantitative estimate of drug-likeness (QED) is 0.664. The molecular formula is C22H26ClN3O4. The average molecular weight is 432 g/mol. The van der Waals surface area contributed by atoms with Gasteiger partial charge in [-0.1, -0.05) is 18.5 Å². The third-order valence-electron chi connectivity index (χ3n) is 5.03. The van der Waals surface area contributed by atoms with Crippen LogP contribution in [-0.2, 0) is 4.79 Å². The van der Waals surface area contributed by atoms with Gasteiger partial charge in [0.05, 0.1) is 11.3 Å². The first-order valence-electron chi connectivity index (χ1n) is 9.99. The van der Waals surface area contributed by atoms with Crippen molar-refractivity contribution in [1.29, 1.82) is 0 Å². The number of carbonyl (C=O) groups excluding carboxylic acids is 1. The molecule has 1 heterocycles. The highest BCUT2D eigenvalue weighted by Crippen LogP contribution is 2.26. The summed E-state index contributed by atoms with van der Waals surface area (Å²) in [7, 11) is 0. The fourth-order valence-electron chi connectivity index (χ4n) is 3.35. The number of nitrogens with one attached hydrogen (secondary N) is 1. The van der Waals surface area contributed by atoms with Crippen molar-refractivity contribution in [3.8, 4) is 5.75 Å². The molecule has 0 spiro atoms. The van der Waals surface area contributed by atoms with E-state index < -0.39 is 5.97 Å². The lowest BCUT2D eigenvalue weighted by Crippen LogP contribution is -2.47. The number of hydrogen-bond donors (Lipinski definition) is 2. The Morgan fingerprint density at radius 1 is 1.10 bits per heavy atom. The smallest absolute Gasteiger partial charge is 0.337 e. The van der Waals surface area contributed by atoms with Crippen molar-refractivity contribution in [1.82, 2.24) is 4.90 Å². The fourth-order valence-corrected chi connectivity index (χ4v) is 3.47. The van der Waals surface area contributed by atoms with Crippen molar-refractivity contribution in [3.05, 3.63) is 53.1 Å². The minimum Gasteiger partial charge on any atom is -0.492 e. The number of ether oxygens (including phenoxy) is 1. The molecule has 1 saturated heterocycles. The second-order valence-electron chi connectivity index (χ2n) is 7.07. The fraction of sp³-hybridized carbons (Fsp3) is 0.364. The SMILES string of the molecule is CCC(=O)Nc1ccc(N2CCN(CCOc3ccc(Cl)cc3)CC2)c(C(=O)O)c1. The number of aromatic carboxylic acids is 1. The van der Waals surface area contributed by atoms with Gasteiger partial charge in [-0.05, 0) is 42.5 Å². The molecular weight excluding hydrogens is 406 g/mol. The summed E-state index contributed by atoms with van der Waals surface area (Å²) in [5.74, 6) is -0.357. The van der Waals surface area contributed by atoms with E-state index in [0.29, 0.717) is 29.4 Å². The van der Waals surface area contributed by atoms with Crippen LogP contribution >= 0.6 is 11.6 Å².